The van der Waals surface area contributed by atoms with Gasteiger partial charge in [-0.3, -0.25) is 0 Å². The molecule has 0 aliphatic rings. The number of hydrogen-bond donors (Lipinski definition) is 1. The lowest BCUT2D eigenvalue weighted by atomic mass is 10.2. The van der Waals surface area contributed by atoms with Gasteiger partial charge in [-0.1, -0.05) is 46.3 Å². The lowest BCUT2D eigenvalue weighted by molar-refractivity contribution is 0.668. The van der Waals surface area contributed by atoms with Gasteiger partial charge in [-0.05, 0) is 25.1 Å². The molecular weight excluding hydrogens is 310 g/mol. The highest BCUT2D eigenvalue weighted by Crippen LogP contribution is 2.25. The van der Waals surface area contributed by atoms with Crippen LogP contribution in [0.25, 0.3) is 10.6 Å². The van der Waals surface area contributed by atoms with E-state index in [1.165, 1.54) is 6.42 Å². The van der Waals surface area contributed by atoms with E-state index in [1.54, 1.807) is 11.3 Å². The maximum absolute atomic E-state index is 4.25. The number of benzene rings is 1. The van der Waals surface area contributed by atoms with Crippen molar-refractivity contribution in [2.75, 3.05) is 13.1 Å². The molecule has 0 amide bonds. The van der Waals surface area contributed by atoms with Crippen LogP contribution in [0.4, 0.5) is 0 Å². The van der Waals surface area contributed by atoms with Crippen LogP contribution >= 0.6 is 27.3 Å². The third kappa shape index (κ3) is 3.86. The minimum Gasteiger partial charge on any atom is -0.316 e. The van der Waals surface area contributed by atoms with Gasteiger partial charge < -0.3 is 5.32 Å². The summed E-state index contributed by atoms with van der Waals surface area (Å²) >= 11 is 5.14. The van der Waals surface area contributed by atoms with Crippen molar-refractivity contribution < 1.29 is 0 Å². The number of nitrogens with zero attached hydrogens (tertiary/aromatic N) is 2. The summed E-state index contributed by atoms with van der Waals surface area (Å²) in [6.07, 6.45) is 2.12. The Labute approximate surface area is 120 Å². The zero-order chi connectivity index (χ0) is 12.8. The SMILES string of the molecule is CCCNCCc1nnc(-c2cccc(Br)c2)s1. The fraction of sp³-hybridized carbons (Fsp3) is 0.385. The van der Waals surface area contributed by atoms with Crippen molar-refractivity contribution in [3.63, 3.8) is 0 Å². The second-order valence-electron chi connectivity index (χ2n) is 4.01. The third-order valence-electron chi connectivity index (χ3n) is 2.48. The molecule has 0 aliphatic heterocycles. The fourth-order valence-corrected chi connectivity index (χ4v) is 2.82. The monoisotopic (exact) mass is 325 g/mol. The normalized spacial score (nSPS) is 10.8. The number of hydrogen-bond acceptors (Lipinski definition) is 4. The quantitative estimate of drug-likeness (QED) is 0.826. The van der Waals surface area contributed by atoms with Crippen molar-refractivity contribution in [1.29, 1.82) is 0 Å². The van der Waals surface area contributed by atoms with E-state index >= 15 is 0 Å². The van der Waals surface area contributed by atoms with Gasteiger partial charge in [-0.2, -0.15) is 0 Å². The topological polar surface area (TPSA) is 37.8 Å². The summed E-state index contributed by atoms with van der Waals surface area (Å²) in [4.78, 5) is 0. The minimum absolute atomic E-state index is 0.950. The average molecular weight is 326 g/mol. The summed E-state index contributed by atoms with van der Waals surface area (Å²) in [6, 6.07) is 8.16. The third-order valence-corrected chi connectivity index (χ3v) is 4.01. The van der Waals surface area contributed by atoms with Crippen LogP contribution in [0.1, 0.15) is 18.4 Å². The van der Waals surface area contributed by atoms with Crippen molar-refractivity contribution in [1.82, 2.24) is 15.5 Å². The van der Waals surface area contributed by atoms with Gasteiger partial charge in [0.05, 0.1) is 0 Å². The number of nitrogens with one attached hydrogen (secondary N) is 1. The molecule has 5 heteroatoms. The molecule has 0 unspecified atom stereocenters. The molecule has 0 bridgehead atoms. The highest BCUT2D eigenvalue weighted by Gasteiger charge is 2.06. The lowest BCUT2D eigenvalue weighted by Gasteiger charge is -1.98. The van der Waals surface area contributed by atoms with E-state index in [0.29, 0.717) is 0 Å². The summed E-state index contributed by atoms with van der Waals surface area (Å²) in [5, 5.41) is 13.9. The predicted molar refractivity (Wildman–Crippen MR) is 79.9 cm³/mol. The predicted octanol–water partition coefficient (Wildman–Crippen LogP) is 3.51. The molecule has 3 nitrogen and oxygen atoms in total. The van der Waals surface area contributed by atoms with Gasteiger partial charge in [-0.25, -0.2) is 0 Å². The zero-order valence-corrected chi connectivity index (χ0v) is 12.7. The molecule has 96 valence electrons. The van der Waals surface area contributed by atoms with Crippen molar-refractivity contribution >= 4 is 27.3 Å². The van der Waals surface area contributed by atoms with Crippen molar-refractivity contribution in [2.24, 2.45) is 0 Å². The molecule has 1 heterocycles. The molecule has 2 rings (SSSR count). The standard InChI is InChI=1S/C13H16BrN3S/c1-2-7-15-8-6-12-16-17-13(18-12)10-4-3-5-11(14)9-10/h3-5,9,15H,2,6-8H2,1H3. The highest BCUT2D eigenvalue weighted by molar-refractivity contribution is 9.10. The zero-order valence-electron chi connectivity index (χ0n) is 10.3. The maximum atomic E-state index is 4.25. The molecule has 0 radical (unpaired) electrons. The number of rotatable bonds is 6. The van der Waals surface area contributed by atoms with Gasteiger partial charge in [0.25, 0.3) is 0 Å². The van der Waals surface area contributed by atoms with E-state index in [4.69, 9.17) is 0 Å². The molecule has 1 aromatic heterocycles. The van der Waals surface area contributed by atoms with Crippen LogP contribution in [0.5, 0.6) is 0 Å². The Bertz CT molecular complexity index is 498. The first kappa shape index (κ1) is 13.6. The van der Waals surface area contributed by atoms with E-state index in [2.05, 4.69) is 50.5 Å². The average Bonchev–Trinajstić information content (AvgIpc) is 2.83. The molecule has 2 aromatic rings. The van der Waals surface area contributed by atoms with E-state index < -0.39 is 0 Å². The van der Waals surface area contributed by atoms with Crippen molar-refractivity contribution in [2.45, 2.75) is 19.8 Å². The summed E-state index contributed by atoms with van der Waals surface area (Å²) in [5.74, 6) is 0. The first-order valence-corrected chi connectivity index (χ1v) is 7.69. The van der Waals surface area contributed by atoms with Gasteiger partial charge in [0.2, 0.25) is 0 Å². The van der Waals surface area contributed by atoms with Gasteiger partial charge in [0.1, 0.15) is 10.0 Å². The second kappa shape index (κ2) is 6.97. The molecule has 0 aliphatic carbocycles. The van der Waals surface area contributed by atoms with Gasteiger partial charge in [-0.15, -0.1) is 10.2 Å². The van der Waals surface area contributed by atoms with Crippen LogP contribution in [0.3, 0.4) is 0 Å². The molecule has 1 aromatic carbocycles. The Morgan fingerprint density at radius 2 is 2.17 bits per heavy atom. The van der Waals surface area contributed by atoms with E-state index in [9.17, 15) is 0 Å². The minimum atomic E-state index is 0.950. The second-order valence-corrected chi connectivity index (χ2v) is 5.99. The fourth-order valence-electron chi connectivity index (χ4n) is 1.59. The van der Waals surface area contributed by atoms with Crippen molar-refractivity contribution in [3.05, 3.63) is 33.7 Å². The molecule has 0 atom stereocenters. The van der Waals surface area contributed by atoms with E-state index in [1.807, 2.05) is 12.1 Å². The summed E-state index contributed by atoms with van der Waals surface area (Å²) < 4.78 is 1.07. The van der Waals surface area contributed by atoms with Crippen LogP contribution in [-0.4, -0.2) is 23.3 Å². The van der Waals surface area contributed by atoms with Crippen molar-refractivity contribution in [3.8, 4) is 10.6 Å². The maximum Gasteiger partial charge on any atom is 0.147 e. The molecule has 0 spiro atoms. The Balaban J connectivity index is 1.97. The van der Waals surface area contributed by atoms with Crippen LogP contribution in [0, 0.1) is 0 Å². The molecule has 18 heavy (non-hydrogen) atoms. The summed E-state index contributed by atoms with van der Waals surface area (Å²) in [7, 11) is 0. The lowest BCUT2D eigenvalue weighted by Crippen LogP contribution is -2.17. The number of aromatic nitrogens is 2. The molecule has 0 saturated heterocycles. The Hall–Kier alpha value is -0.780. The molecule has 1 N–H and O–H groups in total. The first-order chi connectivity index (χ1) is 8.79. The van der Waals surface area contributed by atoms with E-state index in [-0.39, 0.29) is 0 Å². The van der Waals surface area contributed by atoms with E-state index in [0.717, 1.165) is 39.6 Å². The van der Waals surface area contributed by atoms with Crippen LogP contribution < -0.4 is 5.32 Å². The Kier molecular flexibility index (Phi) is 5.28. The summed E-state index contributed by atoms with van der Waals surface area (Å²) in [5.41, 5.74) is 1.12. The molecule has 0 fully saturated rings. The molecule has 0 saturated carbocycles. The Morgan fingerprint density at radius 3 is 2.94 bits per heavy atom. The number of halogens is 1. The first-order valence-electron chi connectivity index (χ1n) is 6.08. The van der Waals surface area contributed by atoms with Crippen LogP contribution in [-0.2, 0) is 6.42 Å². The van der Waals surface area contributed by atoms with Crippen LogP contribution in [0.15, 0.2) is 28.7 Å². The highest BCUT2D eigenvalue weighted by atomic mass is 79.9. The van der Waals surface area contributed by atoms with Gasteiger partial charge in [0, 0.05) is 23.0 Å². The van der Waals surface area contributed by atoms with Crippen LogP contribution in [0.2, 0.25) is 0 Å². The Morgan fingerprint density at radius 1 is 1.28 bits per heavy atom. The van der Waals surface area contributed by atoms with Gasteiger partial charge >= 0.3 is 0 Å². The smallest absolute Gasteiger partial charge is 0.147 e. The largest absolute Gasteiger partial charge is 0.316 e. The molecular formula is C13H16BrN3S. The van der Waals surface area contributed by atoms with Gasteiger partial charge in [0.15, 0.2) is 0 Å². The summed E-state index contributed by atoms with van der Waals surface area (Å²) in [6.45, 7) is 4.21.